The van der Waals surface area contributed by atoms with Crippen LogP contribution in [-0.2, 0) is 19.5 Å². The highest BCUT2D eigenvalue weighted by Crippen LogP contribution is 2.41. The highest BCUT2D eigenvalue weighted by molar-refractivity contribution is 5.81. The van der Waals surface area contributed by atoms with Crippen molar-refractivity contribution >= 4 is 5.82 Å². The first-order valence-electron chi connectivity index (χ1n) is 12.6. The minimum absolute atomic E-state index is 0.0467. The van der Waals surface area contributed by atoms with Crippen LogP contribution >= 0.6 is 0 Å². The molecule has 11 heteroatoms. The molecule has 2 aromatic rings. The molecule has 1 atom stereocenters. The Bertz CT molecular complexity index is 1690. The van der Waals surface area contributed by atoms with Crippen molar-refractivity contribution in [3.63, 3.8) is 0 Å². The molecule has 0 saturated heterocycles. The normalized spacial score (nSPS) is 14.9. The van der Waals surface area contributed by atoms with E-state index in [1.807, 2.05) is 10.6 Å². The van der Waals surface area contributed by atoms with E-state index >= 15 is 4.39 Å². The van der Waals surface area contributed by atoms with E-state index in [9.17, 15) is 18.7 Å². The van der Waals surface area contributed by atoms with E-state index in [0.717, 1.165) is 36.9 Å². The van der Waals surface area contributed by atoms with Crippen LogP contribution in [0, 0.1) is 12.7 Å². The first kappa shape index (κ1) is 26.6. The quantitative estimate of drug-likeness (QED) is 0.398. The average Bonchev–Trinajstić information content (AvgIpc) is 3.35. The van der Waals surface area contributed by atoms with Gasteiger partial charge in [0.2, 0.25) is 5.56 Å². The van der Waals surface area contributed by atoms with Gasteiger partial charge in [0, 0.05) is 49.1 Å². The molecular formula is C28H29F3N6O2. The molecule has 3 aliphatic rings. The Labute approximate surface area is 222 Å². The summed E-state index contributed by atoms with van der Waals surface area (Å²) in [6.07, 6.45) is 1.74. The van der Waals surface area contributed by atoms with Gasteiger partial charge in [-0.3, -0.25) is 9.79 Å². The van der Waals surface area contributed by atoms with E-state index < -0.39 is 28.9 Å². The second kappa shape index (κ2) is 9.33. The summed E-state index contributed by atoms with van der Waals surface area (Å²) in [5.41, 5.74) is -1.05. The summed E-state index contributed by atoms with van der Waals surface area (Å²) in [6, 6.07) is 7.93. The highest BCUT2D eigenvalue weighted by Gasteiger charge is 2.49. The van der Waals surface area contributed by atoms with Crippen molar-refractivity contribution in [1.29, 1.82) is 0 Å². The molecule has 1 unspecified atom stereocenters. The number of halogens is 3. The summed E-state index contributed by atoms with van der Waals surface area (Å²) >= 11 is 0. The number of pyridine rings is 2. The van der Waals surface area contributed by atoms with Crippen molar-refractivity contribution in [2.45, 2.75) is 51.8 Å². The van der Waals surface area contributed by atoms with E-state index in [0.29, 0.717) is 30.3 Å². The van der Waals surface area contributed by atoms with Crippen LogP contribution in [0.4, 0.5) is 19.0 Å². The van der Waals surface area contributed by atoms with Crippen LogP contribution in [0.15, 0.2) is 52.4 Å². The number of aromatic nitrogens is 4. The minimum atomic E-state index is -3.82. The van der Waals surface area contributed by atoms with Gasteiger partial charge in [-0.2, -0.15) is 8.78 Å². The molecular weight excluding hydrogens is 509 g/mol. The second-order valence-corrected chi connectivity index (χ2v) is 10.3. The van der Waals surface area contributed by atoms with Crippen LogP contribution in [0.25, 0.3) is 22.5 Å². The third kappa shape index (κ3) is 4.50. The van der Waals surface area contributed by atoms with E-state index in [4.69, 9.17) is 0 Å². The van der Waals surface area contributed by atoms with Crippen LogP contribution in [0.5, 0.6) is 0 Å². The SMILES string of the molecule is Cc1nc2n3c(c(-c4ccc(=O)n(C)c4)cc-2c(=NC(C)c2cccc(C(F)(F)C(C)(C)O)c2F)n1)NCC3. The van der Waals surface area contributed by atoms with Gasteiger partial charge >= 0.3 is 5.92 Å². The van der Waals surface area contributed by atoms with Gasteiger partial charge in [-0.1, -0.05) is 12.1 Å². The molecule has 0 aliphatic carbocycles. The summed E-state index contributed by atoms with van der Waals surface area (Å²) in [4.78, 5) is 25.8. The van der Waals surface area contributed by atoms with Crippen molar-refractivity contribution < 1.29 is 18.3 Å². The molecule has 0 bridgehead atoms. The molecule has 4 heterocycles. The number of fused-ring (bicyclic) bond motifs is 3. The van der Waals surface area contributed by atoms with Gasteiger partial charge in [-0.25, -0.2) is 14.4 Å². The van der Waals surface area contributed by atoms with E-state index in [1.165, 1.54) is 22.8 Å². The van der Waals surface area contributed by atoms with Gasteiger partial charge in [0.05, 0.1) is 17.2 Å². The topological polar surface area (TPSA) is 97.3 Å². The number of anilines is 1. The first-order valence-corrected chi connectivity index (χ1v) is 12.6. The summed E-state index contributed by atoms with van der Waals surface area (Å²) in [5.74, 6) is -3.02. The standard InChI is InChI=1S/C28H29F3N6O2/c1-15(18-7-6-8-21(23(18)29)28(30,31)27(3,4)39)33-24-20-13-19(17-9-10-22(38)36(5)14-17)25-32-11-12-37(25)26(20)35-16(2)34-24/h6-10,13-15,32,39H,11-12H2,1-5H3. The lowest BCUT2D eigenvalue weighted by molar-refractivity contribution is -0.170. The lowest BCUT2D eigenvalue weighted by Crippen LogP contribution is -2.41. The van der Waals surface area contributed by atoms with Gasteiger partial charge in [-0.05, 0) is 45.9 Å². The summed E-state index contributed by atoms with van der Waals surface area (Å²) in [6.45, 7) is 6.52. The predicted molar refractivity (Wildman–Crippen MR) is 141 cm³/mol. The number of hydrogen-bond acceptors (Lipinski definition) is 6. The molecule has 2 N–H and O–H groups in total. The molecule has 0 amide bonds. The molecule has 0 saturated carbocycles. The lowest BCUT2D eigenvalue weighted by Gasteiger charge is -2.30. The Morgan fingerprint density at radius 3 is 2.59 bits per heavy atom. The van der Waals surface area contributed by atoms with Gasteiger partial charge in [0.15, 0.2) is 5.49 Å². The number of alkyl halides is 2. The van der Waals surface area contributed by atoms with Gasteiger partial charge in [0.1, 0.15) is 28.9 Å². The van der Waals surface area contributed by atoms with Crippen LogP contribution in [0.1, 0.15) is 43.8 Å². The Kier molecular flexibility index (Phi) is 6.37. The average molecular weight is 539 g/mol. The molecule has 204 valence electrons. The zero-order chi connectivity index (χ0) is 28.3. The van der Waals surface area contributed by atoms with Crippen LogP contribution in [0.3, 0.4) is 0 Å². The molecule has 1 aromatic carbocycles. The maximum absolute atomic E-state index is 15.5. The molecule has 0 spiro atoms. The molecule has 0 fully saturated rings. The number of aryl methyl sites for hydroxylation is 2. The van der Waals surface area contributed by atoms with E-state index in [-0.39, 0.29) is 16.6 Å². The smallest absolute Gasteiger partial charge is 0.303 e. The summed E-state index contributed by atoms with van der Waals surface area (Å²) in [7, 11) is 1.67. The number of nitrogens with one attached hydrogen (secondary N) is 1. The Hall–Kier alpha value is -3.99. The molecule has 8 nitrogen and oxygen atoms in total. The van der Waals surface area contributed by atoms with Crippen LogP contribution in [0.2, 0.25) is 0 Å². The summed E-state index contributed by atoms with van der Waals surface area (Å²) in [5, 5.41) is 13.4. The zero-order valence-electron chi connectivity index (χ0n) is 22.3. The number of nitrogens with zero attached hydrogens (tertiary/aromatic N) is 5. The number of aliphatic hydroxyl groups is 1. The third-order valence-electron chi connectivity index (χ3n) is 7.01. The van der Waals surface area contributed by atoms with E-state index in [1.54, 1.807) is 33.2 Å². The molecule has 5 rings (SSSR count). The number of benzene rings is 1. The van der Waals surface area contributed by atoms with Gasteiger partial charge in [0.25, 0.3) is 0 Å². The van der Waals surface area contributed by atoms with Crippen molar-refractivity contribution in [1.82, 2.24) is 19.1 Å². The monoisotopic (exact) mass is 538 g/mol. The van der Waals surface area contributed by atoms with Crippen molar-refractivity contribution in [3.8, 4) is 22.5 Å². The third-order valence-corrected chi connectivity index (χ3v) is 7.01. The fourth-order valence-corrected chi connectivity index (χ4v) is 4.81. The Morgan fingerprint density at radius 2 is 1.90 bits per heavy atom. The maximum Gasteiger partial charge on any atom is 0.303 e. The number of rotatable bonds is 5. The predicted octanol–water partition coefficient (Wildman–Crippen LogP) is 4.15. The zero-order valence-corrected chi connectivity index (χ0v) is 22.3. The lowest BCUT2D eigenvalue weighted by atomic mass is 9.91. The van der Waals surface area contributed by atoms with E-state index in [2.05, 4.69) is 20.3 Å². The molecule has 0 radical (unpaired) electrons. The van der Waals surface area contributed by atoms with Crippen molar-refractivity contribution in [3.05, 3.63) is 81.2 Å². The fraction of sp³-hybridized carbons (Fsp3) is 0.357. The van der Waals surface area contributed by atoms with Crippen molar-refractivity contribution in [2.24, 2.45) is 12.0 Å². The second-order valence-electron chi connectivity index (χ2n) is 10.3. The molecule has 1 aromatic heterocycles. The maximum atomic E-state index is 15.5. The molecule has 39 heavy (non-hydrogen) atoms. The first-order chi connectivity index (χ1) is 18.3. The Morgan fingerprint density at radius 1 is 1.15 bits per heavy atom. The van der Waals surface area contributed by atoms with Gasteiger partial charge < -0.3 is 19.6 Å². The highest BCUT2D eigenvalue weighted by atomic mass is 19.3. The molecule has 3 aliphatic heterocycles. The van der Waals surface area contributed by atoms with Crippen LogP contribution < -0.4 is 16.4 Å². The number of hydrogen-bond donors (Lipinski definition) is 2. The van der Waals surface area contributed by atoms with Gasteiger partial charge in [-0.15, -0.1) is 0 Å². The fourth-order valence-electron chi connectivity index (χ4n) is 4.81. The summed E-state index contributed by atoms with van der Waals surface area (Å²) < 4.78 is 48.7. The Balaban J connectivity index is 1.70. The van der Waals surface area contributed by atoms with Crippen molar-refractivity contribution in [2.75, 3.05) is 11.9 Å². The minimum Gasteiger partial charge on any atom is -0.384 e. The largest absolute Gasteiger partial charge is 0.384 e. The van der Waals surface area contributed by atoms with Crippen LogP contribution in [-0.4, -0.2) is 36.4 Å².